The first-order valence-corrected chi connectivity index (χ1v) is 9.69. The summed E-state index contributed by atoms with van der Waals surface area (Å²) in [7, 11) is 1.89. The van der Waals surface area contributed by atoms with Gasteiger partial charge in [-0.1, -0.05) is 48.5 Å². The van der Waals surface area contributed by atoms with Crippen LogP contribution >= 0.6 is 11.8 Å². The number of alkyl halides is 3. The molecule has 0 aliphatic carbocycles. The van der Waals surface area contributed by atoms with Crippen LogP contribution < -0.4 is 0 Å². The minimum Gasteiger partial charge on any atom is -0.391 e. The number of aromatic nitrogens is 2. The third-order valence-electron chi connectivity index (χ3n) is 4.05. The van der Waals surface area contributed by atoms with Crippen LogP contribution in [0.2, 0.25) is 0 Å². The summed E-state index contributed by atoms with van der Waals surface area (Å²) >= 11 is 1.11. The van der Waals surface area contributed by atoms with Crippen molar-refractivity contribution >= 4 is 22.7 Å². The fourth-order valence-electron chi connectivity index (χ4n) is 2.83. The maximum atomic E-state index is 13.1. The van der Waals surface area contributed by atoms with Gasteiger partial charge in [0, 0.05) is 24.2 Å². The molecule has 0 saturated heterocycles. The molecular weight excluding hydrogens is 387 g/mol. The van der Waals surface area contributed by atoms with Gasteiger partial charge >= 0.3 is 6.18 Å². The predicted molar refractivity (Wildman–Crippen MR) is 104 cm³/mol. The molecule has 3 rings (SSSR count). The van der Waals surface area contributed by atoms with Gasteiger partial charge in [-0.25, -0.2) is 9.97 Å². The summed E-state index contributed by atoms with van der Waals surface area (Å²) in [6.07, 6.45) is -5.32. The molecule has 0 radical (unpaired) electrons. The minimum absolute atomic E-state index is 0.225. The Morgan fingerprint density at radius 2 is 1.71 bits per heavy atom. The maximum absolute atomic E-state index is 13.1. The van der Waals surface area contributed by atoms with Gasteiger partial charge in [-0.2, -0.15) is 13.2 Å². The zero-order valence-corrected chi connectivity index (χ0v) is 16.0. The van der Waals surface area contributed by atoms with E-state index in [0.717, 1.165) is 17.3 Å². The number of aliphatic hydroxyl groups is 1. The number of thioether (sulfide) groups is 1. The van der Waals surface area contributed by atoms with E-state index in [1.165, 1.54) is 6.07 Å². The van der Waals surface area contributed by atoms with Crippen molar-refractivity contribution in [2.24, 2.45) is 0 Å². The third-order valence-corrected chi connectivity index (χ3v) is 5.19. The summed E-state index contributed by atoms with van der Waals surface area (Å²) < 4.78 is 39.3. The molecule has 1 heterocycles. The van der Waals surface area contributed by atoms with Crippen LogP contribution in [0.5, 0.6) is 0 Å². The van der Waals surface area contributed by atoms with Gasteiger partial charge in [0.1, 0.15) is 5.03 Å². The first kappa shape index (κ1) is 20.6. The second kappa shape index (κ2) is 8.89. The number of aliphatic hydroxyl groups excluding tert-OH is 1. The smallest absolute Gasteiger partial charge is 0.391 e. The van der Waals surface area contributed by atoms with Crippen molar-refractivity contribution in [3.8, 4) is 0 Å². The van der Waals surface area contributed by atoms with Crippen LogP contribution in [0.3, 0.4) is 0 Å². The number of fused-ring (bicyclic) bond motifs is 1. The lowest BCUT2D eigenvalue weighted by Gasteiger charge is -2.20. The molecular formula is C20H20F3N3OS. The highest BCUT2D eigenvalue weighted by atomic mass is 32.2. The van der Waals surface area contributed by atoms with Crippen molar-refractivity contribution < 1.29 is 18.3 Å². The van der Waals surface area contributed by atoms with Crippen LogP contribution in [0.4, 0.5) is 13.2 Å². The highest BCUT2D eigenvalue weighted by molar-refractivity contribution is 7.99. The van der Waals surface area contributed by atoms with E-state index in [1.54, 1.807) is 18.2 Å². The summed E-state index contributed by atoms with van der Waals surface area (Å²) in [5.41, 5.74) is 1.37. The third kappa shape index (κ3) is 5.43. The zero-order valence-electron chi connectivity index (χ0n) is 15.2. The number of benzene rings is 2. The summed E-state index contributed by atoms with van der Waals surface area (Å²) in [6.45, 7) is 1.08. The number of halogens is 3. The normalized spacial score (nSPS) is 13.2. The van der Waals surface area contributed by atoms with Crippen LogP contribution in [-0.2, 0) is 12.7 Å². The van der Waals surface area contributed by atoms with Gasteiger partial charge in [-0.05, 0) is 18.7 Å². The van der Waals surface area contributed by atoms with Gasteiger partial charge in [0.15, 0.2) is 0 Å². The van der Waals surface area contributed by atoms with Gasteiger partial charge in [0.25, 0.3) is 0 Å². The molecule has 0 saturated carbocycles. The Morgan fingerprint density at radius 1 is 1.04 bits per heavy atom. The monoisotopic (exact) mass is 407 g/mol. The molecule has 1 aromatic heterocycles. The highest BCUT2D eigenvalue weighted by Gasteiger charge is 2.35. The summed E-state index contributed by atoms with van der Waals surface area (Å²) in [6, 6.07) is 16.4. The molecule has 0 bridgehead atoms. The average molecular weight is 407 g/mol. The summed E-state index contributed by atoms with van der Waals surface area (Å²) in [4.78, 5) is 9.27. The van der Waals surface area contributed by atoms with E-state index in [4.69, 9.17) is 0 Å². The minimum atomic E-state index is -4.62. The van der Waals surface area contributed by atoms with Crippen molar-refractivity contribution in [2.45, 2.75) is 23.9 Å². The van der Waals surface area contributed by atoms with Crippen molar-refractivity contribution in [1.82, 2.24) is 14.9 Å². The number of para-hydroxylation sites is 1. The van der Waals surface area contributed by atoms with Crippen LogP contribution in [0.1, 0.15) is 11.4 Å². The standard InChI is InChI=1S/C20H20F3N3OS/c1-26(11-14-7-3-2-4-8-14)12-15(27)13-28-18-16-9-5-6-10-17(16)24-19(25-18)20(21,22)23/h2-10,15,27H,11-13H2,1H3. The lowest BCUT2D eigenvalue weighted by Crippen LogP contribution is -2.30. The fraction of sp³-hybridized carbons (Fsp3) is 0.300. The van der Waals surface area contributed by atoms with Crippen molar-refractivity contribution in [2.75, 3.05) is 19.3 Å². The van der Waals surface area contributed by atoms with Crippen LogP contribution in [0.25, 0.3) is 10.9 Å². The second-order valence-corrected chi connectivity index (χ2v) is 7.52. The van der Waals surface area contributed by atoms with Gasteiger partial charge in [0.2, 0.25) is 5.82 Å². The lowest BCUT2D eigenvalue weighted by atomic mass is 10.2. The summed E-state index contributed by atoms with van der Waals surface area (Å²) in [5, 5.41) is 11.1. The summed E-state index contributed by atoms with van der Waals surface area (Å²) in [5.74, 6) is -0.929. The van der Waals surface area contributed by atoms with Crippen molar-refractivity contribution in [1.29, 1.82) is 0 Å². The molecule has 2 aromatic carbocycles. The van der Waals surface area contributed by atoms with Gasteiger partial charge in [0.05, 0.1) is 11.6 Å². The van der Waals surface area contributed by atoms with Gasteiger partial charge < -0.3 is 5.11 Å². The molecule has 1 unspecified atom stereocenters. The molecule has 0 amide bonds. The predicted octanol–water partition coefficient (Wildman–Crippen LogP) is 4.23. The van der Waals surface area contributed by atoms with E-state index in [0.29, 0.717) is 18.5 Å². The molecule has 0 fully saturated rings. The van der Waals surface area contributed by atoms with E-state index in [2.05, 4.69) is 9.97 Å². The Balaban J connectivity index is 1.67. The molecule has 0 spiro atoms. The number of nitrogens with zero attached hydrogens (tertiary/aromatic N) is 3. The van der Waals surface area contributed by atoms with E-state index < -0.39 is 18.1 Å². The molecule has 0 aliphatic heterocycles. The van der Waals surface area contributed by atoms with E-state index >= 15 is 0 Å². The Labute approximate surface area is 165 Å². The highest BCUT2D eigenvalue weighted by Crippen LogP contribution is 2.32. The Bertz CT molecular complexity index is 921. The van der Waals surface area contributed by atoms with Gasteiger partial charge in [-0.3, -0.25) is 4.90 Å². The SMILES string of the molecule is CN(Cc1ccccc1)CC(O)CSc1nc(C(F)(F)F)nc2ccccc12. The first-order valence-electron chi connectivity index (χ1n) is 8.70. The number of hydrogen-bond donors (Lipinski definition) is 1. The van der Waals surface area contributed by atoms with Crippen molar-refractivity contribution in [3.05, 3.63) is 66.0 Å². The average Bonchev–Trinajstić information content (AvgIpc) is 2.66. The number of likely N-dealkylation sites (N-methyl/N-ethyl adjacent to an activating group) is 1. The Morgan fingerprint density at radius 3 is 2.43 bits per heavy atom. The molecule has 8 heteroatoms. The quantitative estimate of drug-likeness (QED) is 0.469. The molecule has 28 heavy (non-hydrogen) atoms. The largest absolute Gasteiger partial charge is 0.451 e. The van der Waals surface area contributed by atoms with Gasteiger partial charge in [-0.15, -0.1) is 11.8 Å². The van der Waals surface area contributed by atoms with Crippen molar-refractivity contribution in [3.63, 3.8) is 0 Å². The lowest BCUT2D eigenvalue weighted by molar-refractivity contribution is -0.145. The van der Waals surface area contributed by atoms with Crippen LogP contribution in [0, 0.1) is 0 Å². The molecule has 148 valence electrons. The Hall–Kier alpha value is -2.16. The number of hydrogen-bond acceptors (Lipinski definition) is 5. The van der Waals surface area contributed by atoms with E-state index in [1.807, 2.05) is 42.3 Å². The van der Waals surface area contributed by atoms with Crippen LogP contribution in [-0.4, -0.2) is 45.4 Å². The molecule has 4 nitrogen and oxygen atoms in total. The maximum Gasteiger partial charge on any atom is 0.451 e. The van der Waals surface area contributed by atoms with E-state index in [9.17, 15) is 18.3 Å². The molecule has 3 aromatic rings. The molecule has 1 N–H and O–H groups in total. The topological polar surface area (TPSA) is 49.2 Å². The first-order chi connectivity index (χ1) is 13.3. The Kier molecular flexibility index (Phi) is 6.53. The number of rotatable bonds is 7. The molecule has 0 aliphatic rings. The van der Waals surface area contributed by atoms with E-state index in [-0.39, 0.29) is 16.3 Å². The molecule has 1 atom stereocenters. The fourth-order valence-corrected chi connectivity index (χ4v) is 3.77. The second-order valence-electron chi connectivity index (χ2n) is 6.51. The zero-order chi connectivity index (χ0) is 20.1. The van der Waals surface area contributed by atoms with Crippen LogP contribution in [0.15, 0.2) is 59.6 Å².